The Morgan fingerprint density at radius 2 is 1.46 bits per heavy atom. The molecule has 0 amide bonds. The molecule has 0 bridgehead atoms. The lowest BCUT2D eigenvalue weighted by atomic mass is 10.1. The van der Waals surface area contributed by atoms with E-state index in [1.54, 1.807) is 0 Å². The molecule has 140 valence electrons. The molecule has 3 nitrogen and oxygen atoms in total. The van der Waals surface area contributed by atoms with Gasteiger partial charge in [-0.05, 0) is 67.4 Å². The van der Waals surface area contributed by atoms with Crippen LogP contribution in [0, 0.1) is 0 Å². The number of esters is 1. The number of rotatable bonds is 4. The van der Waals surface area contributed by atoms with Crippen molar-refractivity contribution in [2.75, 3.05) is 16.4 Å². The van der Waals surface area contributed by atoms with Crippen LogP contribution >= 0.6 is 0 Å². The Hall–Kier alpha value is -2.72. The minimum Gasteiger partial charge on any atom is -0.457 e. The number of anilines is 3. The summed E-state index contributed by atoms with van der Waals surface area (Å²) < 4.78 is 5.19. The largest absolute Gasteiger partial charge is 0.457 e. The molecule has 0 spiro atoms. The SMILES string of the molecule is O=C1OCc2cc(N(c3ccccc3)c3ccc([S+]4CCCC4)cc3)ccc21. The average Bonchev–Trinajstić information content (AvgIpc) is 3.40. The second-order valence-electron chi connectivity index (χ2n) is 7.19. The fraction of sp³-hybridized carbons (Fsp3) is 0.208. The van der Waals surface area contributed by atoms with Crippen LogP contribution in [0.25, 0.3) is 0 Å². The van der Waals surface area contributed by atoms with E-state index in [4.69, 9.17) is 4.74 Å². The molecule has 28 heavy (non-hydrogen) atoms. The van der Waals surface area contributed by atoms with E-state index in [0.717, 1.165) is 22.6 Å². The second kappa shape index (κ2) is 7.36. The maximum Gasteiger partial charge on any atom is 0.338 e. The first-order valence-corrected chi connectivity index (χ1v) is 11.3. The van der Waals surface area contributed by atoms with Crippen LogP contribution in [0.2, 0.25) is 0 Å². The zero-order valence-corrected chi connectivity index (χ0v) is 16.5. The summed E-state index contributed by atoms with van der Waals surface area (Å²) in [5.41, 5.74) is 4.90. The average molecular weight is 389 g/mol. The molecule has 0 saturated carbocycles. The smallest absolute Gasteiger partial charge is 0.338 e. The molecular weight excluding hydrogens is 366 g/mol. The van der Waals surface area contributed by atoms with Gasteiger partial charge in [0.25, 0.3) is 0 Å². The maximum atomic E-state index is 11.8. The Kier molecular flexibility index (Phi) is 4.57. The third kappa shape index (κ3) is 3.18. The van der Waals surface area contributed by atoms with Crippen LogP contribution in [-0.4, -0.2) is 17.5 Å². The van der Waals surface area contributed by atoms with Crippen LogP contribution < -0.4 is 4.90 Å². The van der Waals surface area contributed by atoms with Crippen LogP contribution in [-0.2, 0) is 22.2 Å². The number of hydrogen-bond donors (Lipinski definition) is 0. The van der Waals surface area contributed by atoms with E-state index in [-0.39, 0.29) is 5.97 Å². The van der Waals surface area contributed by atoms with Gasteiger partial charge in [0, 0.05) is 33.5 Å². The molecule has 0 unspecified atom stereocenters. The minimum atomic E-state index is -0.227. The van der Waals surface area contributed by atoms with Gasteiger partial charge in [-0.1, -0.05) is 18.2 Å². The minimum absolute atomic E-state index is 0.227. The predicted molar refractivity (Wildman–Crippen MR) is 115 cm³/mol. The number of benzene rings is 3. The first-order chi connectivity index (χ1) is 13.8. The fourth-order valence-electron chi connectivity index (χ4n) is 3.96. The van der Waals surface area contributed by atoms with Gasteiger partial charge in [0.05, 0.1) is 5.56 Å². The van der Waals surface area contributed by atoms with Crippen molar-refractivity contribution in [1.82, 2.24) is 0 Å². The normalized spacial score (nSPS) is 16.1. The molecule has 0 N–H and O–H groups in total. The lowest BCUT2D eigenvalue weighted by molar-refractivity contribution is 0.0535. The molecule has 1 fully saturated rings. The van der Waals surface area contributed by atoms with Crippen LogP contribution in [0.15, 0.2) is 77.7 Å². The highest BCUT2D eigenvalue weighted by Gasteiger charge is 2.27. The van der Waals surface area contributed by atoms with E-state index in [1.165, 1.54) is 29.2 Å². The van der Waals surface area contributed by atoms with Gasteiger partial charge in [-0.25, -0.2) is 4.79 Å². The van der Waals surface area contributed by atoms with Gasteiger partial charge >= 0.3 is 5.97 Å². The van der Waals surface area contributed by atoms with Gasteiger partial charge in [0.1, 0.15) is 18.1 Å². The zero-order chi connectivity index (χ0) is 18.9. The molecular formula is C24H22NO2S+. The van der Waals surface area contributed by atoms with Crippen LogP contribution in [0.5, 0.6) is 0 Å². The topological polar surface area (TPSA) is 29.5 Å². The summed E-state index contributed by atoms with van der Waals surface area (Å²) >= 11 is 0. The van der Waals surface area contributed by atoms with Gasteiger partial charge in [0.2, 0.25) is 0 Å². The number of cyclic esters (lactones) is 1. The Morgan fingerprint density at radius 1 is 0.786 bits per heavy atom. The zero-order valence-electron chi connectivity index (χ0n) is 15.6. The van der Waals surface area contributed by atoms with Crippen LogP contribution in [0.3, 0.4) is 0 Å². The van der Waals surface area contributed by atoms with E-state index in [1.807, 2.05) is 18.2 Å². The van der Waals surface area contributed by atoms with Crippen molar-refractivity contribution in [2.45, 2.75) is 24.3 Å². The third-order valence-electron chi connectivity index (χ3n) is 5.40. The summed E-state index contributed by atoms with van der Waals surface area (Å²) in [5.74, 6) is 2.44. The van der Waals surface area contributed by atoms with E-state index in [9.17, 15) is 4.79 Å². The van der Waals surface area contributed by atoms with Crippen molar-refractivity contribution < 1.29 is 9.53 Å². The predicted octanol–water partition coefficient (Wildman–Crippen LogP) is 5.60. The van der Waals surface area contributed by atoms with Gasteiger partial charge in [-0.15, -0.1) is 0 Å². The lowest BCUT2D eigenvalue weighted by Crippen LogP contribution is -2.11. The molecule has 5 rings (SSSR count). The molecule has 2 heterocycles. The van der Waals surface area contributed by atoms with Gasteiger partial charge in [-0.2, -0.15) is 0 Å². The van der Waals surface area contributed by atoms with Crippen LogP contribution in [0.1, 0.15) is 28.8 Å². The Balaban J connectivity index is 1.55. The number of nitrogens with zero attached hydrogens (tertiary/aromatic N) is 1. The van der Waals surface area contributed by atoms with Crippen molar-refractivity contribution in [3.8, 4) is 0 Å². The first kappa shape index (κ1) is 17.4. The molecule has 0 radical (unpaired) electrons. The van der Waals surface area contributed by atoms with Crippen LogP contribution in [0.4, 0.5) is 17.1 Å². The summed E-state index contributed by atoms with van der Waals surface area (Å²) in [5, 5.41) is 0. The summed E-state index contributed by atoms with van der Waals surface area (Å²) in [6.07, 6.45) is 2.72. The lowest BCUT2D eigenvalue weighted by Gasteiger charge is -2.25. The standard InChI is InChI=1S/C24H22NO2S/c26-24-23-13-10-21(16-18(23)17-27-24)25(19-6-2-1-3-7-19)20-8-11-22(12-9-20)28-14-4-5-15-28/h1-3,6-13,16H,4-5,14-15,17H2/q+1. The highest BCUT2D eigenvalue weighted by Crippen LogP contribution is 2.37. The fourth-order valence-corrected chi connectivity index (χ4v) is 6.26. The molecule has 2 aliphatic rings. The van der Waals surface area contributed by atoms with Crippen molar-refractivity contribution in [1.29, 1.82) is 0 Å². The summed E-state index contributed by atoms with van der Waals surface area (Å²) in [6.45, 7) is 0.354. The highest BCUT2D eigenvalue weighted by atomic mass is 32.2. The number of ether oxygens (including phenoxy) is 1. The molecule has 1 saturated heterocycles. The maximum absolute atomic E-state index is 11.8. The van der Waals surface area contributed by atoms with Gasteiger partial charge in [0.15, 0.2) is 4.90 Å². The molecule has 3 aromatic carbocycles. The summed E-state index contributed by atoms with van der Waals surface area (Å²) in [6, 6.07) is 25.3. The number of para-hydroxylation sites is 1. The van der Waals surface area contributed by atoms with Gasteiger partial charge < -0.3 is 9.64 Å². The summed E-state index contributed by atoms with van der Waals surface area (Å²) in [7, 11) is 0.422. The Bertz CT molecular complexity index is 995. The van der Waals surface area contributed by atoms with Crippen molar-refractivity contribution in [3.05, 3.63) is 83.9 Å². The van der Waals surface area contributed by atoms with E-state index in [0.29, 0.717) is 23.1 Å². The Morgan fingerprint density at radius 3 is 2.21 bits per heavy atom. The molecule has 3 aromatic rings. The molecule has 0 aromatic heterocycles. The molecule has 0 aliphatic carbocycles. The number of fused-ring (bicyclic) bond motifs is 1. The molecule has 0 atom stereocenters. The second-order valence-corrected chi connectivity index (χ2v) is 9.46. The van der Waals surface area contributed by atoms with Crippen molar-refractivity contribution in [3.63, 3.8) is 0 Å². The van der Waals surface area contributed by atoms with Crippen molar-refractivity contribution in [2.24, 2.45) is 0 Å². The third-order valence-corrected chi connectivity index (χ3v) is 7.90. The molecule has 4 heteroatoms. The van der Waals surface area contributed by atoms with E-state index >= 15 is 0 Å². The highest BCUT2D eigenvalue weighted by molar-refractivity contribution is 7.97. The molecule has 2 aliphatic heterocycles. The number of carbonyl (C=O) groups is 1. The monoisotopic (exact) mass is 388 g/mol. The Labute approximate surface area is 168 Å². The van der Waals surface area contributed by atoms with Gasteiger partial charge in [-0.3, -0.25) is 0 Å². The van der Waals surface area contributed by atoms with Crippen molar-refractivity contribution >= 4 is 33.9 Å². The number of carbonyl (C=O) groups excluding carboxylic acids is 1. The van der Waals surface area contributed by atoms with E-state index < -0.39 is 0 Å². The first-order valence-electron chi connectivity index (χ1n) is 9.72. The van der Waals surface area contributed by atoms with E-state index in [2.05, 4.69) is 59.5 Å². The number of hydrogen-bond acceptors (Lipinski definition) is 3. The summed E-state index contributed by atoms with van der Waals surface area (Å²) in [4.78, 5) is 15.5. The quantitative estimate of drug-likeness (QED) is 0.430.